The van der Waals surface area contributed by atoms with Crippen molar-refractivity contribution in [3.8, 4) is 0 Å². The van der Waals surface area contributed by atoms with Crippen LogP contribution in [0.2, 0.25) is 0 Å². The van der Waals surface area contributed by atoms with E-state index in [1.807, 2.05) is 21.0 Å². The van der Waals surface area contributed by atoms with Crippen LogP contribution in [0.5, 0.6) is 0 Å². The predicted molar refractivity (Wildman–Crippen MR) is 60.5 cm³/mol. The maximum atomic E-state index is 11.6. The Labute approximate surface area is 92.2 Å². The highest BCUT2D eigenvalue weighted by molar-refractivity contribution is 5.80. The van der Waals surface area contributed by atoms with Gasteiger partial charge in [-0.05, 0) is 43.9 Å². The van der Waals surface area contributed by atoms with Crippen LogP contribution in [-0.2, 0) is 4.79 Å². The van der Waals surface area contributed by atoms with E-state index in [4.69, 9.17) is 0 Å². The van der Waals surface area contributed by atoms with Gasteiger partial charge in [0, 0.05) is 20.6 Å². The number of hydrogen-bond donors (Lipinski definition) is 1. The van der Waals surface area contributed by atoms with Crippen molar-refractivity contribution in [1.82, 2.24) is 10.2 Å². The highest BCUT2D eigenvalue weighted by Crippen LogP contribution is 2.60. The van der Waals surface area contributed by atoms with Crippen molar-refractivity contribution in [3.63, 3.8) is 0 Å². The van der Waals surface area contributed by atoms with Crippen molar-refractivity contribution in [3.05, 3.63) is 0 Å². The number of hydrogen-bond acceptors (Lipinski definition) is 2. The third-order valence-electron chi connectivity index (χ3n) is 3.91. The molecule has 0 aromatic carbocycles. The smallest absolute Gasteiger partial charge is 0.238 e. The van der Waals surface area contributed by atoms with Crippen LogP contribution in [0, 0.1) is 11.3 Å². The number of carbonyl (C=O) groups is 1. The highest BCUT2D eigenvalue weighted by Gasteiger charge is 2.53. The van der Waals surface area contributed by atoms with Crippen molar-refractivity contribution >= 4 is 5.91 Å². The second-order valence-electron chi connectivity index (χ2n) is 5.47. The summed E-state index contributed by atoms with van der Waals surface area (Å²) in [6.07, 6.45) is 5.57. The number of likely N-dealkylation sites (N-methyl/N-ethyl adjacent to an activating group) is 1. The van der Waals surface area contributed by atoms with Crippen LogP contribution in [-0.4, -0.2) is 37.5 Å². The maximum absolute atomic E-state index is 11.6. The van der Waals surface area contributed by atoms with Gasteiger partial charge in [-0.2, -0.15) is 0 Å². The molecule has 1 amide bonds. The Morgan fingerprint density at radius 2 is 2.07 bits per heavy atom. The van der Waals surface area contributed by atoms with E-state index >= 15 is 0 Å². The van der Waals surface area contributed by atoms with Gasteiger partial charge in [-0.1, -0.05) is 0 Å². The van der Waals surface area contributed by atoms with Gasteiger partial charge in [-0.3, -0.25) is 4.79 Å². The molecule has 0 aromatic rings. The summed E-state index contributed by atoms with van der Waals surface area (Å²) < 4.78 is 0. The quantitative estimate of drug-likeness (QED) is 0.740. The van der Waals surface area contributed by atoms with Crippen LogP contribution in [0.4, 0.5) is 0 Å². The van der Waals surface area contributed by atoms with Gasteiger partial charge >= 0.3 is 0 Å². The molecule has 2 aliphatic carbocycles. The van der Waals surface area contributed by atoms with E-state index in [0.29, 0.717) is 5.41 Å². The second kappa shape index (κ2) is 3.78. The largest absolute Gasteiger partial charge is 0.347 e. The zero-order valence-electron chi connectivity index (χ0n) is 10.0. The number of rotatable bonds is 5. The molecule has 2 saturated carbocycles. The lowest BCUT2D eigenvalue weighted by Gasteiger charge is -2.21. The third kappa shape index (κ3) is 2.33. The summed E-state index contributed by atoms with van der Waals surface area (Å²) in [7, 11) is 3.63. The van der Waals surface area contributed by atoms with Gasteiger partial charge in [0.2, 0.25) is 5.91 Å². The molecule has 3 nitrogen and oxygen atoms in total. The minimum absolute atomic E-state index is 0.0313. The van der Waals surface area contributed by atoms with Crippen molar-refractivity contribution in [2.75, 3.05) is 20.6 Å². The fraction of sp³-hybridized carbons (Fsp3) is 0.917. The molecule has 2 fully saturated rings. The van der Waals surface area contributed by atoms with Crippen LogP contribution < -0.4 is 5.32 Å². The van der Waals surface area contributed by atoms with E-state index in [1.54, 1.807) is 4.90 Å². The predicted octanol–water partition coefficient (Wildman–Crippen LogP) is 1.24. The number of nitrogens with zero attached hydrogens (tertiary/aromatic N) is 1. The van der Waals surface area contributed by atoms with Crippen LogP contribution in [0.3, 0.4) is 0 Å². The number of carbonyl (C=O) groups excluding carboxylic acids is 1. The average molecular weight is 210 g/mol. The summed E-state index contributed by atoms with van der Waals surface area (Å²) in [5.41, 5.74) is 0.584. The van der Waals surface area contributed by atoms with Gasteiger partial charge in [0.15, 0.2) is 0 Å². The molecule has 1 atom stereocenters. The van der Waals surface area contributed by atoms with Gasteiger partial charge in [0.1, 0.15) is 0 Å². The van der Waals surface area contributed by atoms with Crippen molar-refractivity contribution in [2.45, 2.75) is 38.6 Å². The van der Waals surface area contributed by atoms with Gasteiger partial charge < -0.3 is 10.2 Å². The fourth-order valence-corrected chi connectivity index (χ4v) is 2.42. The minimum atomic E-state index is -0.0313. The molecule has 1 unspecified atom stereocenters. The molecule has 0 heterocycles. The molecular weight excluding hydrogens is 188 g/mol. The van der Waals surface area contributed by atoms with Crippen LogP contribution in [0.15, 0.2) is 0 Å². The van der Waals surface area contributed by atoms with Crippen LogP contribution in [0.25, 0.3) is 0 Å². The Kier molecular flexibility index (Phi) is 2.75. The standard InChI is InChI=1S/C12H22N2O/c1-9(11(15)14(2)3)13-8-12(6-7-12)10-4-5-10/h9-10,13H,4-8H2,1-3H3. The fourth-order valence-electron chi connectivity index (χ4n) is 2.42. The molecular formula is C12H22N2O. The summed E-state index contributed by atoms with van der Waals surface area (Å²) in [5, 5.41) is 3.40. The van der Waals surface area contributed by atoms with Gasteiger partial charge in [-0.25, -0.2) is 0 Å². The summed E-state index contributed by atoms with van der Waals surface area (Å²) in [6, 6.07) is -0.0313. The zero-order chi connectivity index (χ0) is 11.1. The number of amides is 1. The molecule has 2 aliphatic rings. The molecule has 86 valence electrons. The van der Waals surface area contributed by atoms with E-state index in [0.717, 1.165) is 12.5 Å². The molecule has 2 rings (SSSR count). The highest BCUT2D eigenvalue weighted by atomic mass is 16.2. The lowest BCUT2D eigenvalue weighted by atomic mass is 10.0. The second-order valence-corrected chi connectivity index (χ2v) is 5.47. The van der Waals surface area contributed by atoms with Crippen molar-refractivity contribution in [1.29, 1.82) is 0 Å². The first-order valence-corrected chi connectivity index (χ1v) is 6.00. The molecule has 0 bridgehead atoms. The summed E-state index contributed by atoms with van der Waals surface area (Å²) in [4.78, 5) is 13.3. The van der Waals surface area contributed by atoms with Gasteiger partial charge in [0.05, 0.1) is 6.04 Å². The Morgan fingerprint density at radius 1 is 1.47 bits per heavy atom. The molecule has 15 heavy (non-hydrogen) atoms. The Balaban J connectivity index is 1.75. The van der Waals surface area contributed by atoms with Crippen LogP contribution >= 0.6 is 0 Å². The monoisotopic (exact) mass is 210 g/mol. The molecule has 0 aromatic heterocycles. The van der Waals surface area contributed by atoms with E-state index in [-0.39, 0.29) is 11.9 Å². The zero-order valence-corrected chi connectivity index (χ0v) is 10.0. The van der Waals surface area contributed by atoms with Crippen molar-refractivity contribution < 1.29 is 4.79 Å². The van der Waals surface area contributed by atoms with Gasteiger partial charge in [0.25, 0.3) is 0 Å². The van der Waals surface area contributed by atoms with E-state index in [9.17, 15) is 4.79 Å². The molecule has 0 aliphatic heterocycles. The summed E-state index contributed by atoms with van der Waals surface area (Å²) in [6.45, 7) is 3.00. The molecule has 1 N–H and O–H groups in total. The van der Waals surface area contributed by atoms with E-state index in [1.165, 1.54) is 25.7 Å². The topological polar surface area (TPSA) is 32.3 Å². The van der Waals surface area contributed by atoms with E-state index in [2.05, 4.69) is 5.32 Å². The molecule has 0 spiro atoms. The number of nitrogens with one attached hydrogen (secondary N) is 1. The summed E-state index contributed by atoms with van der Waals surface area (Å²) in [5.74, 6) is 1.15. The normalized spacial score (nSPS) is 24.7. The van der Waals surface area contributed by atoms with Gasteiger partial charge in [-0.15, -0.1) is 0 Å². The Hall–Kier alpha value is -0.570. The first-order valence-electron chi connectivity index (χ1n) is 6.00. The SMILES string of the molecule is CC(NCC1(C2CC2)CC1)C(=O)N(C)C. The van der Waals surface area contributed by atoms with Crippen molar-refractivity contribution in [2.24, 2.45) is 11.3 Å². The summed E-state index contributed by atoms with van der Waals surface area (Å²) >= 11 is 0. The minimum Gasteiger partial charge on any atom is -0.347 e. The Bertz CT molecular complexity index is 254. The molecule has 3 heteroatoms. The average Bonchev–Trinajstić information content (AvgIpc) is 3.01. The molecule has 0 saturated heterocycles. The first kappa shape index (κ1) is 10.9. The van der Waals surface area contributed by atoms with E-state index < -0.39 is 0 Å². The lowest BCUT2D eigenvalue weighted by molar-refractivity contribution is -0.130. The third-order valence-corrected chi connectivity index (χ3v) is 3.91. The Morgan fingerprint density at radius 3 is 2.47 bits per heavy atom. The molecule has 0 radical (unpaired) electrons. The maximum Gasteiger partial charge on any atom is 0.238 e. The lowest BCUT2D eigenvalue weighted by Crippen LogP contribution is -2.43. The van der Waals surface area contributed by atoms with Crippen LogP contribution in [0.1, 0.15) is 32.6 Å². The first-order chi connectivity index (χ1) is 7.05.